The number of aromatic nitrogens is 1. The van der Waals surface area contributed by atoms with Crippen molar-refractivity contribution in [3.63, 3.8) is 0 Å². The normalized spacial score (nSPS) is 11.4. The molecule has 0 radical (unpaired) electrons. The molecule has 0 N–H and O–H groups in total. The van der Waals surface area contributed by atoms with E-state index in [0.717, 1.165) is 24.2 Å². The Balaban J connectivity index is 2.66. The number of hydrogen-bond acceptors (Lipinski definition) is 10. The van der Waals surface area contributed by atoms with Crippen molar-refractivity contribution in [1.29, 1.82) is 0 Å². The molecule has 0 aliphatic rings. The maximum Gasteiger partial charge on any atom is 0.413 e. The molecular weight excluding hydrogens is 381 g/mol. The molecule has 0 saturated carbocycles. The largest absolute Gasteiger partial charge is 0.461 e. The number of ether oxygens (including phenoxy) is 1. The van der Waals surface area contributed by atoms with E-state index in [9.17, 15) is 9.36 Å². The average Bonchev–Trinajstić information content (AvgIpc) is 2.99. The second kappa shape index (κ2) is 11.3. The summed E-state index contributed by atoms with van der Waals surface area (Å²) >= 11 is 2.50. The molecule has 0 amide bonds. The van der Waals surface area contributed by atoms with Crippen molar-refractivity contribution in [3.05, 3.63) is 11.1 Å². The molecule has 0 spiro atoms. The van der Waals surface area contributed by atoms with Gasteiger partial charge in [-0.25, -0.2) is 9.36 Å². The zero-order valence-electron chi connectivity index (χ0n) is 13.2. The van der Waals surface area contributed by atoms with E-state index in [1.165, 1.54) is 5.38 Å². The number of thiazole rings is 1. The van der Waals surface area contributed by atoms with Crippen LogP contribution in [-0.4, -0.2) is 30.8 Å². The van der Waals surface area contributed by atoms with Crippen molar-refractivity contribution < 1.29 is 27.0 Å². The summed E-state index contributed by atoms with van der Waals surface area (Å²) in [5.41, 5.74) is 0.135. The van der Waals surface area contributed by atoms with E-state index in [2.05, 4.69) is 4.98 Å². The van der Waals surface area contributed by atoms with Crippen molar-refractivity contribution in [1.82, 2.24) is 4.98 Å². The molecule has 1 rings (SSSR count). The van der Waals surface area contributed by atoms with Crippen molar-refractivity contribution >= 4 is 46.4 Å². The van der Waals surface area contributed by atoms with Gasteiger partial charge in [-0.3, -0.25) is 0 Å². The van der Waals surface area contributed by atoms with Crippen LogP contribution < -0.4 is 4.52 Å². The summed E-state index contributed by atoms with van der Waals surface area (Å²) in [6.45, 7) is 6.65. The summed E-state index contributed by atoms with van der Waals surface area (Å²) in [6, 6.07) is 0. The standard InChI is InChI=1S/C12H20NO6PS3/c1-4-7-8-16-11(14)10-9-21-12(13-10)19-20(15,22-17-5-2)23-18-6-3/h9H,4-8H2,1-3H3. The number of carbonyl (C=O) groups is 1. The van der Waals surface area contributed by atoms with E-state index >= 15 is 0 Å². The highest BCUT2D eigenvalue weighted by molar-refractivity contribution is 8.87. The highest BCUT2D eigenvalue weighted by Gasteiger charge is 2.31. The van der Waals surface area contributed by atoms with E-state index in [1.54, 1.807) is 13.8 Å². The van der Waals surface area contributed by atoms with Gasteiger partial charge in [0.1, 0.15) is 23.3 Å². The maximum absolute atomic E-state index is 12.6. The minimum Gasteiger partial charge on any atom is -0.461 e. The Labute approximate surface area is 148 Å². The molecule has 0 aliphatic carbocycles. The van der Waals surface area contributed by atoms with Crippen molar-refractivity contribution in [2.45, 2.75) is 33.6 Å². The summed E-state index contributed by atoms with van der Waals surface area (Å²) in [7, 11) is 0. The first-order chi connectivity index (χ1) is 11.0. The molecule has 1 heterocycles. The molecule has 0 atom stereocenters. The van der Waals surface area contributed by atoms with Gasteiger partial charge < -0.3 is 17.6 Å². The van der Waals surface area contributed by atoms with Crippen LogP contribution in [0.4, 0.5) is 0 Å². The van der Waals surface area contributed by atoms with Gasteiger partial charge in [0.15, 0.2) is 5.69 Å². The molecule has 7 nitrogen and oxygen atoms in total. The lowest BCUT2D eigenvalue weighted by molar-refractivity contribution is 0.0493. The maximum atomic E-state index is 12.6. The Morgan fingerprint density at radius 3 is 2.48 bits per heavy atom. The Morgan fingerprint density at radius 2 is 1.91 bits per heavy atom. The van der Waals surface area contributed by atoms with E-state index < -0.39 is 11.7 Å². The van der Waals surface area contributed by atoms with Crippen LogP contribution in [0.3, 0.4) is 0 Å². The predicted molar refractivity (Wildman–Crippen MR) is 94.0 cm³/mol. The van der Waals surface area contributed by atoms with Crippen LogP contribution in [0.1, 0.15) is 44.1 Å². The van der Waals surface area contributed by atoms with Gasteiger partial charge in [0.2, 0.25) is 0 Å². The minimum absolute atomic E-state index is 0.107. The third-order valence-corrected chi connectivity index (χ3v) is 7.69. The van der Waals surface area contributed by atoms with Gasteiger partial charge in [0.05, 0.1) is 19.8 Å². The monoisotopic (exact) mass is 401 g/mol. The third kappa shape index (κ3) is 7.91. The summed E-state index contributed by atoms with van der Waals surface area (Å²) < 4.78 is 33.3. The molecule has 0 aliphatic heterocycles. The first-order valence-electron chi connectivity index (χ1n) is 7.09. The molecule has 0 fully saturated rings. The minimum atomic E-state index is -3.33. The fraction of sp³-hybridized carbons (Fsp3) is 0.667. The summed E-state index contributed by atoms with van der Waals surface area (Å²) in [4.78, 5) is 15.8. The molecule has 0 bridgehead atoms. The van der Waals surface area contributed by atoms with Crippen molar-refractivity contribution in [2.24, 2.45) is 0 Å². The topological polar surface area (TPSA) is 84.0 Å². The van der Waals surface area contributed by atoms with Gasteiger partial charge in [-0.1, -0.05) is 24.7 Å². The number of rotatable bonds is 12. The van der Waals surface area contributed by atoms with E-state index in [4.69, 9.17) is 17.6 Å². The van der Waals surface area contributed by atoms with Gasteiger partial charge in [-0.05, 0) is 20.3 Å². The second-order valence-corrected chi connectivity index (χ2v) is 11.1. The fourth-order valence-corrected chi connectivity index (χ4v) is 6.30. The summed E-state index contributed by atoms with van der Waals surface area (Å²) in [5.74, 6) is -3.85. The number of nitrogens with zero attached hydrogens (tertiary/aromatic N) is 1. The third-order valence-electron chi connectivity index (χ3n) is 2.14. The highest BCUT2D eigenvalue weighted by atomic mass is 33.1. The molecule has 1 aromatic heterocycles. The lowest BCUT2D eigenvalue weighted by Crippen LogP contribution is -2.06. The SMILES string of the molecule is CCCCOC(=O)c1csc(OP(=O)(SOCC)SOCC)n1. The summed E-state index contributed by atoms with van der Waals surface area (Å²) in [6.07, 6.45) is 1.73. The van der Waals surface area contributed by atoms with Gasteiger partial charge in [0.25, 0.3) is 5.19 Å². The van der Waals surface area contributed by atoms with Crippen molar-refractivity contribution in [2.75, 3.05) is 19.8 Å². The van der Waals surface area contributed by atoms with Crippen LogP contribution in [0.25, 0.3) is 0 Å². The lowest BCUT2D eigenvalue weighted by Gasteiger charge is -2.13. The molecule has 1 aromatic rings. The first kappa shape index (κ1) is 20.8. The smallest absolute Gasteiger partial charge is 0.413 e. The van der Waals surface area contributed by atoms with Crippen LogP contribution in [-0.2, 0) is 17.7 Å². The average molecular weight is 401 g/mol. The number of hydrogen-bond donors (Lipinski definition) is 0. The van der Waals surface area contributed by atoms with Gasteiger partial charge in [-0.2, -0.15) is 4.98 Å². The van der Waals surface area contributed by atoms with Crippen LogP contribution in [0.5, 0.6) is 5.19 Å². The Hall–Kier alpha value is -0.250. The zero-order valence-corrected chi connectivity index (χ0v) is 16.5. The van der Waals surface area contributed by atoms with Crippen LogP contribution in [0.2, 0.25) is 0 Å². The van der Waals surface area contributed by atoms with Gasteiger partial charge in [0, 0.05) is 5.38 Å². The molecule has 0 saturated heterocycles. The molecule has 11 heteroatoms. The molecular formula is C12H20NO6PS3. The molecule has 0 unspecified atom stereocenters. The van der Waals surface area contributed by atoms with Crippen LogP contribution in [0.15, 0.2) is 5.38 Å². The van der Waals surface area contributed by atoms with Crippen LogP contribution in [0, 0.1) is 0 Å². The van der Waals surface area contributed by atoms with E-state index in [0.29, 0.717) is 43.1 Å². The first-order valence-corrected chi connectivity index (χ1v) is 12.3. The number of carbonyl (C=O) groups excluding carboxylic acids is 1. The van der Waals surface area contributed by atoms with E-state index in [-0.39, 0.29) is 10.9 Å². The highest BCUT2D eigenvalue weighted by Crippen LogP contribution is 2.69. The van der Waals surface area contributed by atoms with Gasteiger partial charge >= 0.3 is 11.7 Å². The molecule has 0 aromatic carbocycles. The zero-order chi connectivity index (χ0) is 17.1. The van der Waals surface area contributed by atoms with Gasteiger partial charge in [-0.15, -0.1) is 0 Å². The fourth-order valence-electron chi connectivity index (χ4n) is 1.15. The Morgan fingerprint density at radius 1 is 1.26 bits per heavy atom. The summed E-state index contributed by atoms with van der Waals surface area (Å²) in [5, 5.41) is 1.61. The Kier molecular flexibility index (Phi) is 10.2. The number of esters is 1. The lowest BCUT2D eigenvalue weighted by atomic mass is 10.4. The van der Waals surface area contributed by atoms with Crippen molar-refractivity contribution in [3.8, 4) is 5.19 Å². The van der Waals surface area contributed by atoms with Crippen LogP contribution >= 0.6 is 40.4 Å². The predicted octanol–water partition coefficient (Wildman–Crippen LogP) is 4.96. The Bertz CT molecular complexity index is 515. The van der Waals surface area contributed by atoms with E-state index in [1.807, 2.05) is 6.92 Å². The molecule has 132 valence electrons. The molecule has 23 heavy (non-hydrogen) atoms. The number of unbranched alkanes of at least 4 members (excludes halogenated alkanes) is 1. The second-order valence-electron chi connectivity index (χ2n) is 3.99. The quantitative estimate of drug-likeness (QED) is 0.209.